The van der Waals surface area contributed by atoms with Gasteiger partial charge in [0.15, 0.2) is 0 Å². The molecule has 0 heterocycles. The van der Waals surface area contributed by atoms with Gasteiger partial charge in [-0.2, -0.15) is 4.72 Å². The van der Waals surface area contributed by atoms with Gasteiger partial charge in [-0.25, -0.2) is 8.42 Å². The average Bonchev–Trinajstić information content (AvgIpc) is 2.36. The summed E-state index contributed by atoms with van der Waals surface area (Å²) < 4.78 is 30.8. The summed E-state index contributed by atoms with van der Waals surface area (Å²) in [6.45, 7) is 1.83. The number of hydrogen-bond donors (Lipinski definition) is 2. The summed E-state index contributed by atoms with van der Waals surface area (Å²) in [5.41, 5.74) is 0.951. The number of benzene rings is 1. The van der Waals surface area contributed by atoms with Gasteiger partial charge in [-0.3, -0.25) is 4.79 Å². The molecule has 6 nitrogen and oxygen atoms in total. The molecule has 1 atom stereocenters. The Morgan fingerprint density at radius 3 is 2.42 bits per heavy atom. The second-order valence-corrected chi connectivity index (χ2v) is 5.78. The number of rotatable bonds is 7. The van der Waals surface area contributed by atoms with Crippen LogP contribution in [0.4, 0.5) is 0 Å². The lowest BCUT2D eigenvalue weighted by Crippen LogP contribution is -2.38. The van der Waals surface area contributed by atoms with E-state index in [1.807, 2.05) is 0 Å². The first-order valence-corrected chi connectivity index (χ1v) is 7.18. The quantitative estimate of drug-likeness (QED) is 0.767. The monoisotopic (exact) mass is 287 g/mol. The summed E-state index contributed by atoms with van der Waals surface area (Å²) in [7, 11) is -2.21. The minimum absolute atomic E-state index is 0.0433. The Morgan fingerprint density at radius 2 is 1.95 bits per heavy atom. The summed E-state index contributed by atoms with van der Waals surface area (Å²) in [5, 5.41) is 8.69. The fourth-order valence-corrected chi connectivity index (χ4v) is 2.60. The molecule has 1 rings (SSSR count). The Morgan fingerprint density at radius 1 is 1.37 bits per heavy atom. The number of aliphatic carboxylic acids is 1. The highest BCUT2D eigenvalue weighted by Gasteiger charge is 2.21. The van der Waals surface area contributed by atoms with Crippen molar-refractivity contribution < 1.29 is 23.1 Å². The Kier molecular flexibility index (Phi) is 5.46. The van der Waals surface area contributed by atoms with E-state index in [1.54, 1.807) is 19.2 Å². The Hall–Kier alpha value is -1.44. The largest absolute Gasteiger partial charge is 0.480 e. The molecule has 0 radical (unpaired) electrons. The van der Waals surface area contributed by atoms with Crippen molar-refractivity contribution in [3.8, 4) is 0 Å². The molecule has 0 saturated carbocycles. The molecule has 0 aliphatic carbocycles. The van der Waals surface area contributed by atoms with Crippen LogP contribution >= 0.6 is 0 Å². The Labute approximate surface area is 112 Å². The summed E-state index contributed by atoms with van der Waals surface area (Å²) >= 11 is 0. The van der Waals surface area contributed by atoms with Crippen LogP contribution in [-0.4, -0.2) is 39.3 Å². The number of carboxylic acids is 1. The second kappa shape index (κ2) is 6.65. The van der Waals surface area contributed by atoms with E-state index >= 15 is 0 Å². The van der Waals surface area contributed by atoms with Crippen molar-refractivity contribution >= 4 is 16.0 Å². The van der Waals surface area contributed by atoms with Gasteiger partial charge in [0.2, 0.25) is 10.0 Å². The third kappa shape index (κ3) is 4.62. The maximum Gasteiger partial charge on any atom is 0.321 e. The lowest BCUT2D eigenvalue weighted by Gasteiger charge is -2.10. The summed E-state index contributed by atoms with van der Waals surface area (Å²) in [6, 6.07) is 5.08. The second-order valence-electron chi connectivity index (χ2n) is 4.07. The summed E-state index contributed by atoms with van der Waals surface area (Å²) in [4.78, 5) is 10.7. The van der Waals surface area contributed by atoms with E-state index in [4.69, 9.17) is 9.84 Å². The van der Waals surface area contributed by atoms with Crippen LogP contribution in [0, 0.1) is 0 Å². The molecule has 0 aromatic heterocycles. The van der Waals surface area contributed by atoms with E-state index in [1.165, 1.54) is 19.1 Å². The van der Waals surface area contributed by atoms with Gasteiger partial charge in [0.25, 0.3) is 0 Å². The highest BCUT2D eigenvalue weighted by Crippen LogP contribution is 2.11. The van der Waals surface area contributed by atoms with E-state index in [0.717, 1.165) is 5.56 Å². The predicted octanol–water partition coefficient (Wildman–Crippen LogP) is 0.627. The van der Waals surface area contributed by atoms with Crippen molar-refractivity contribution in [2.24, 2.45) is 0 Å². The molecule has 0 amide bonds. The van der Waals surface area contributed by atoms with Gasteiger partial charge in [0, 0.05) is 7.11 Å². The standard InChI is InChI=1S/C12H17NO5S/c1-9(12(14)15)13-19(16,17)11-5-3-10(4-6-11)7-8-18-2/h3-6,9,13H,7-8H2,1-2H3,(H,14,15)/t9-/m0/s1. The van der Waals surface area contributed by atoms with Crippen LogP contribution in [0.25, 0.3) is 0 Å². The van der Waals surface area contributed by atoms with E-state index in [-0.39, 0.29) is 4.90 Å². The highest BCUT2D eigenvalue weighted by atomic mass is 32.2. The number of carbonyl (C=O) groups is 1. The van der Waals surface area contributed by atoms with Crippen LogP contribution in [0.1, 0.15) is 12.5 Å². The number of nitrogens with one attached hydrogen (secondary N) is 1. The molecule has 2 N–H and O–H groups in total. The lowest BCUT2D eigenvalue weighted by atomic mass is 10.2. The molecule has 0 fully saturated rings. The SMILES string of the molecule is COCCc1ccc(S(=O)(=O)N[C@@H](C)C(=O)O)cc1. The molecule has 0 spiro atoms. The third-order valence-corrected chi connectivity index (χ3v) is 4.09. The van der Waals surface area contributed by atoms with Crippen LogP contribution in [0.5, 0.6) is 0 Å². The highest BCUT2D eigenvalue weighted by molar-refractivity contribution is 7.89. The first-order chi connectivity index (χ1) is 8.86. The molecule has 7 heteroatoms. The Bertz CT molecular complexity index is 524. The van der Waals surface area contributed by atoms with Gasteiger partial charge in [0.05, 0.1) is 11.5 Å². The predicted molar refractivity (Wildman–Crippen MR) is 69.4 cm³/mol. The zero-order valence-electron chi connectivity index (χ0n) is 10.8. The number of carboxylic acid groups (broad SMARTS) is 1. The molecular formula is C12H17NO5S. The number of ether oxygens (including phenoxy) is 1. The summed E-state index contributed by atoms with van der Waals surface area (Å²) in [5.74, 6) is -1.22. The topological polar surface area (TPSA) is 92.7 Å². The molecule has 1 aromatic carbocycles. The van der Waals surface area contributed by atoms with E-state index in [0.29, 0.717) is 13.0 Å². The molecular weight excluding hydrogens is 270 g/mol. The molecule has 0 unspecified atom stereocenters. The van der Waals surface area contributed by atoms with Crippen molar-refractivity contribution in [2.75, 3.05) is 13.7 Å². The number of sulfonamides is 1. The average molecular weight is 287 g/mol. The van der Waals surface area contributed by atoms with Crippen molar-refractivity contribution in [1.82, 2.24) is 4.72 Å². The summed E-state index contributed by atoms with van der Waals surface area (Å²) in [6.07, 6.45) is 0.690. The third-order valence-electron chi connectivity index (χ3n) is 2.53. The van der Waals surface area contributed by atoms with Crippen LogP contribution in [0.2, 0.25) is 0 Å². The zero-order chi connectivity index (χ0) is 14.5. The molecule has 1 aromatic rings. The van der Waals surface area contributed by atoms with Crippen LogP contribution in [-0.2, 0) is 26.0 Å². The molecule has 0 aliphatic heterocycles. The van der Waals surface area contributed by atoms with Crippen molar-refractivity contribution in [3.05, 3.63) is 29.8 Å². The number of hydrogen-bond acceptors (Lipinski definition) is 4. The fraction of sp³-hybridized carbons (Fsp3) is 0.417. The van der Waals surface area contributed by atoms with Crippen molar-refractivity contribution in [1.29, 1.82) is 0 Å². The normalized spacial score (nSPS) is 13.2. The van der Waals surface area contributed by atoms with E-state index in [2.05, 4.69) is 4.72 Å². The van der Waals surface area contributed by atoms with Crippen LogP contribution < -0.4 is 4.72 Å². The fourth-order valence-electron chi connectivity index (χ4n) is 1.41. The maximum atomic E-state index is 11.9. The Balaban J connectivity index is 2.81. The minimum Gasteiger partial charge on any atom is -0.480 e. The lowest BCUT2D eigenvalue weighted by molar-refractivity contribution is -0.138. The van der Waals surface area contributed by atoms with E-state index < -0.39 is 22.0 Å². The van der Waals surface area contributed by atoms with Crippen molar-refractivity contribution in [3.63, 3.8) is 0 Å². The first kappa shape index (κ1) is 15.6. The first-order valence-electron chi connectivity index (χ1n) is 5.70. The van der Waals surface area contributed by atoms with Crippen LogP contribution in [0.3, 0.4) is 0 Å². The molecule has 19 heavy (non-hydrogen) atoms. The molecule has 0 aliphatic rings. The van der Waals surface area contributed by atoms with Crippen LogP contribution in [0.15, 0.2) is 29.2 Å². The van der Waals surface area contributed by atoms with Gasteiger partial charge in [-0.05, 0) is 31.0 Å². The maximum absolute atomic E-state index is 11.9. The van der Waals surface area contributed by atoms with Gasteiger partial charge >= 0.3 is 5.97 Å². The van der Waals surface area contributed by atoms with Crippen molar-refractivity contribution in [2.45, 2.75) is 24.3 Å². The molecule has 0 bridgehead atoms. The van der Waals surface area contributed by atoms with Gasteiger partial charge < -0.3 is 9.84 Å². The minimum atomic E-state index is -3.80. The smallest absolute Gasteiger partial charge is 0.321 e. The zero-order valence-corrected chi connectivity index (χ0v) is 11.6. The van der Waals surface area contributed by atoms with Gasteiger partial charge in [-0.1, -0.05) is 12.1 Å². The molecule has 0 saturated heterocycles. The van der Waals surface area contributed by atoms with Gasteiger partial charge in [-0.15, -0.1) is 0 Å². The number of methoxy groups -OCH3 is 1. The van der Waals surface area contributed by atoms with Gasteiger partial charge in [0.1, 0.15) is 6.04 Å². The molecule has 106 valence electrons. The van der Waals surface area contributed by atoms with E-state index in [9.17, 15) is 13.2 Å².